The van der Waals surface area contributed by atoms with Crippen LogP contribution in [0.1, 0.15) is 48.7 Å². The number of hydrogen-bond donors (Lipinski definition) is 1. The molecule has 6 nitrogen and oxygen atoms in total. The molecule has 0 atom stereocenters. The summed E-state index contributed by atoms with van der Waals surface area (Å²) in [6.45, 7) is 8.17. The van der Waals surface area contributed by atoms with Gasteiger partial charge in [-0.25, -0.2) is 9.67 Å². The van der Waals surface area contributed by atoms with Crippen molar-refractivity contribution in [3.8, 4) is 6.07 Å². The predicted molar refractivity (Wildman–Crippen MR) is 111 cm³/mol. The number of halogens is 1. The zero-order valence-electron chi connectivity index (χ0n) is 16.4. The molecule has 0 spiro atoms. The number of aryl methyl sites for hydroxylation is 2. The Hall–Kier alpha value is -2.91. The van der Waals surface area contributed by atoms with Crippen molar-refractivity contribution >= 4 is 34.2 Å². The van der Waals surface area contributed by atoms with Crippen molar-refractivity contribution in [2.45, 2.75) is 46.6 Å². The Kier molecular flexibility index (Phi) is 5.66. The number of pyridine rings is 1. The molecule has 7 heteroatoms. The fourth-order valence-corrected chi connectivity index (χ4v) is 3.51. The molecule has 1 aromatic carbocycles. The number of hydrogen-bond acceptors (Lipinski definition) is 4. The second kappa shape index (κ2) is 7.99. The largest absolute Gasteiger partial charge is 0.326 e. The van der Waals surface area contributed by atoms with Gasteiger partial charge in [0.2, 0.25) is 5.91 Å². The van der Waals surface area contributed by atoms with E-state index in [2.05, 4.69) is 31.2 Å². The van der Waals surface area contributed by atoms with E-state index in [0.29, 0.717) is 29.1 Å². The van der Waals surface area contributed by atoms with Crippen LogP contribution in [0.3, 0.4) is 0 Å². The molecule has 2 heterocycles. The van der Waals surface area contributed by atoms with Crippen LogP contribution in [0.15, 0.2) is 24.4 Å². The van der Waals surface area contributed by atoms with Gasteiger partial charge in [0, 0.05) is 29.2 Å². The smallest absolute Gasteiger partial charge is 0.224 e. The molecule has 1 N–H and O–H groups in total. The molecule has 0 aliphatic carbocycles. The van der Waals surface area contributed by atoms with Gasteiger partial charge in [-0.15, -0.1) is 0 Å². The first-order chi connectivity index (χ1) is 13.3. The average Bonchev–Trinajstić information content (AvgIpc) is 3.06. The molecule has 0 aliphatic heterocycles. The maximum Gasteiger partial charge on any atom is 0.224 e. The lowest BCUT2D eigenvalue weighted by Gasteiger charge is -2.13. The highest BCUT2D eigenvalue weighted by molar-refractivity contribution is 6.32. The van der Waals surface area contributed by atoms with Crippen molar-refractivity contribution < 1.29 is 4.79 Å². The standard InChI is InChI=1S/C21H22ClN5O/c1-12(2)27-21-18(11-24-27)13(3)17(14(4)25-21)7-8-20(28)26-16-6-5-15(10-23)19(22)9-16/h5-6,9,11-12H,7-8H2,1-4H3,(H,26,28). The molecule has 0 radical (unpaired) electrons. The molecule has 28 heavy (non-hydrogen) atoms. The van der Waals surface area contributed by atoms with Gasteiger partial charge in [0.25, 0.3) is 0 Å². The Bertz CT molecular complexity index is 1090. The monoisotopic (exact) mass is 395 g/mol. The van der Waals surface area contributed by atoms with Crippen molar-refractivity contribution in [2.24, 2.45) is 0 Å². The summed E-state index contributed by atoms with van der Waals surface area (Å²) in [5.41, 5.74) is 4.95. The van der Waals surface area contributed by atoms with Crippen molar-refractivity contribution in [1.29, 1.82) is 5.26 Å². The van der Waals surface area contributed by atoms with Crippen LogP contribution in [0, 0.1) is 25.2 Å². The van der Waals surface area contributed by atoms with Crippen LogP contribution in [0.2, 0.25) is 5.02 Å². The zero-order valence-corrected chi connectivity index (χ0v) is 17.1. The minimum Gasteiger partial charge on any atom is -0.326 e. The molecule has 144 valence electrons. The van der Waals surface area contributed by atoms with Crippen LogP contribution in [0.25, 0.3) is 11.0 Å². The third-order valence-electron chi connectivity index (χ3n) is 4.80. The van der Waals surface area contributed by atoms with Crippen LogP contribution in [0.4, 0.5) is 5.69 Å². The molecule has 0 unspecified atom stereocenters. The molecule has 2 aromatic heterocycles. The number of anilines is 1. The van der Waals surface area contributed by atoms with Gasteiger partial charge in [-0.2, -0.15) is 10.4 Å². The third kappa shape index (κ3) is 3.85. The number of nitriles is 1. The topological polar surface area (TPSA) is 83.6 Å². The Balaban J connectivity index is 1.75. The average molecular weight is 396 g/mol. The summed E-state index contributed by atoms with van der Waals surface area (Å²) < 4.78 is 1.92. The van der Waals surface area contributed by atoms with Crippen LogP contribution < -0.4 is 5.32 Å². The van der Waals surface area contributed by atoms with Gasteiger partial charge in [-0.05, 0) is 63.4 Å². The van der Waals surface area contributed by atoms with E-state index in [1.165, 1.54) is 0 Å². The van der Waals surface area contributed by atoms with Crippen LogP contribution in [0.5, 0.6) is 0 Å². The quantitative estimate of drug-likeness (QED) is 0.677. The fraction of sp³-hybridized carbons (Fsp3) is 0.333. The second-order valence-electron chi connectivity index (χ2n) is 7.08. The zero-order chi connectivity index (χ0) is 20.4. The van der Waals surface area contributed by atoms with Crippen LogP contribution in [-0.2, 0) is 11.2 Å². The summed E-state index contributed by atoms with van der Waals surface area (Å²) in [5.74, 6) is -0.113. The molecule has 0 aliphatic rings. The summed E-state index contributed by atoms with van der Waals surface area (Å²) in [5, 5.41) is 17.6. The van der Waals surface area contributed by atoms with Gasteiger partial charge in [-0.3, -0.25) is 4.79 Å². The molecular formula is C21H22ClN5O. The molecule has 3 aromatic rings. The number of fused-ring (bicyclic) bond motifs is 1. The van der Waals surface area contributed by atoms with Crippen molar-refractivity contribution in [1.82, 2.24) is 14.8 Å². The summed E-state index contributed by atoms with van der Waals surface area (Å²) in [6.07, 6.45) is 2.76. The van der Waals surface area contributed by atoms with E-state index in [1.54, 1.807) is 18.2 Å². The molecule has 0 saturated carbocycles. The van der Waals surface area contributed by atoms with Gasteiger partial charge in [0.1, 0.15) is 6.07 Å². The summed E-state index contributed by atoms with van der Waals surface area (Å²) in [6, 6.07) is 7.09. The van der Waals surface area contributed by atoms with Crippen molar-refractivity contribution in [2.75, 3.05) is 5.32 Å². The number of rotatable bonds is 5. The Morgan fingerprint density at radius 1 is 1.36 bits per heavy atom. The van der Waals surface area contributed by atoms with E-state index in [1.807, 2.05) is 23.9 Å². The van der Waals surface area contributed by atoms with Gasteiger partial charge < -0.3 is 5.32 Å². The number of nitrogens with zero attached hydrogens (tertiary/aromatic N) is 4. The number of carbonyl (C=O) groups is 1. The lowest BCUT2D eigenvalue weighted by Crippen LogP contribution is -2.13. The minimum absolute atomic E-state index is 0.113. The fourth-order valence-electron chi connectivity index (χ4n) is 3.28. The second-order valence-corrected chi connectivity index (χ2v) is 7.48. The Morgan fingerprint density at radius 2 is 2.11 bits per heavy atom. The molecule has 3 rings (SSSR count). The van der Waals surface area contributed by atoms with Crippen molar-refractivity contribution in [3.63, 3.8) is 0 Å². The van der Waals surface area contributed by atoms with Crippen LogP contribution in [-0.4, -0.2) is 20.7 Å². The maximum absolute atomic E-state index is 12.4. The predicted octanol–water partition coefficient (Wildman–Crippen LogP) is 4.73. The number of aromatic nitrogens is 3. The molecule has 1 amide bonds. The summed E-state index contributed by atoms with van der Waals surface area (Å²) >= 11 is 6.02. The summed E-state index contributed by atoms with van der Waals surface area (Å²) in [4.78, 5) is 17.1. The highest BCUT2D eigenvalue weighted by Crippen LogP contribution is 2.26. The first-order valence-electron chi connectivity index (χ1n) is 9.14. The van der Waals surface area contributed by atoms with Crippen molar-refractivity contribution in [3.05, 3.63) is 51.8 Å². The third-order valence-corrected chi connectivity index (χ3v) is 5.11. The number of carbonyl (C=O) groups excluding carboxylic acids is 1. The molecular weight excluding hydrogens is 374 g/mol. The number of benzene rings is 1. The first kappa shape index (κ1) is 19.8. The minimum atomic E-state index is -0.113. The lowest BCUT2D eigenvalue weighted by atomic mass is 10.0. The molecule has 0 bridgehead atoms. The van der Waals surface area contributed by atoms with E-state index in [-0.39, 0.29) is 11.9 Å². The Morgan fingerprint density at radius 3 is 2.75 bits per heavy atom. The normalized spacial score (nSPS) is 11.0. The molecule has 0 saturated heterocycles. The van der Waals surface area contributed by atoms with Gasteiger partial charge >= 0.3 is 0 Å². The number of amides is 1. The Labute approximate surface area is 169 Å². The van der Waals surface area contributed by atoms with Gasteiger partial charge in [-0.1, -0.05) is 11.6 Å². The van der Waals surface area contributed by atoms with E-state index in [4.69, 9.17) is 21.8 Å². The first-order valence-corrected chi connectivity index (χ1v) is 9.52. The summed E-state index contributed by atoms with van der Waals surface area (Å²) in [7, 11) is 0. The van der Waals surface area contributed by atoms with E-state index in [9.17, 15) is 4.79 Å². The van der Waals surface area contributed by atoms with Gasteiger partial charge in [0.05, 0.1) is 16.8 Å². The molecule has 0 fully saturated rings. The van der Waals surface area contributed by atoms with Gasteiger partial charge in [0.15, 0.2) is 5.65 Å². The lowest BCUT2D eigenvalue weighted by molar-refractivity contribution is -0.116. The highest BCUT2D eigenvalue weighted by Gasteiger charge is 2.16. The van der Waals surface area contributed by atoms with E-state index in [0.717, 1.165) is 27.9 Å². The van der Waals surface area contributed by atoms with E-state index >= 15 is 0 Å². The van der Waals surface area contributed by atoms with E-state index < -0.39 is 0 Å². The number of nitrogens with one attached hydrogen (secondary N) is 1. The SMILES string of the molecule is Cc1nc2c(cnn2C(C)C)c(C)c1CCC(=O)Nc1ccc(C#N)c(Cl)c1. The highest BCUT2D eigenvalue weighted by atomic mass is 35.5. The maximum atomic E-state index is 12.4. The van der Waals surface area contributed by atoms with Crippen LogP contribution >= 0.6 is 11.6 Å².